The second-order valence-electron chi connectivity index (χ2n) is 3.17. The van der Waals surface area contributed by atoms with E-state index >= 15 is 0 Å². The summed E-state index contributed by atoms with van der Waals surface area (Å²) >= 11 is 9.04. The Morgan fingerprint density at radius 1 is 0.933 bits per heavy atom. The first-order valence-corrected chi connectivity index (χ1v) is 5.58. The summed E-state index contributed by atoms with van der Waals surface area (Å²) in [5, 5.41) is 10.3. The number of halogens is 2. The van der Waals surface area contributed by atoms with Crippen LogP contribution < -0.4 is 0 Å². The fourth-order valence-corrected chi connectivity index (χ4v) is 1.71. The van der Waals surface area contributed by atoms with E-state index in [0.717, 1.165) is 11.1 Å². The van der Waals surface area contributed by atoms with E-state index in [2.05, 4.69) is 15.9 Å². The highest BCUT2D eigenvalue weighted by Gasteiger charge is 2.01. The van der Waals surface area contributed by atoms with E-state index in [-0.39, 0.29) is 5.75 Å². The van der Waals surface area contributed by atoms with Crippen LogP contribution in [0.3, 0.4) is 0 Å². The molecule has 0 fully saturated rings. The summed E-state index contributed by atoms with van der Waals surface area (Å²) in [6.45, 7) is 0. The monoisotopic (exact) mass is 282 g/mol. The first kappa shape index (κ1) is 10.5. The zero-order valence-corrected chi connectivity index (χ0v) is 10.1. The molecule has 0 spiro atoms. The molecular weight excluding hydrogens is 275 g/mol. The molecular formula is C12H8BrClO. The largest absolute Gasteiger partial charge is 0.507 e. The standard InChI is InChI=1S/C12H8BrClO/c13-11-6-3-9(7-12(11)15)8-1-4-10(14)5-2-8/h1-7,15H. The van der Waals surface area contributed by atoms with E-state index in [0.29, 0.717) is 9.50 Å². The molecule has 0 atom stereocenters. The zero-order valence-electron chi connectivity index (χ0n) is 7.74. The van der Waals surface area contributed by atoms with Crippen LogP contribution in [0.25, 0.3) is 11.1 Å². The van der Waals surface area contributed by atoms with Crippen molar-refractivity contribution in [2.75, 3.05) is 0 Å². The fourth-order valence-electron chi connectivity index (χ4n) is 1.33. The van der Waals surface area contributed by atoms with Gasteiger partial charge in [0.1, 0.15) is 5.75 Å². The first-order valence-electron chi connectivity index (χ1n) is 4.41. The van der Waals surface area contributed by atoms with Crippen LogP contribution in [-0.2, 0) is 0 Å². The van der Waals surface area contributed by atoms with Crippen LogP contribution in [0.1, 0.15) is 0 Å². The van der Waals surface area contributed by atoms with Crippen molar-refractivity contribution in [3.63, 3.8) is 0 Å². The quantitative estimate of drug-likeness (QED) is 0.818. The Balaban J connectivity index is 2.45. The summed E-state index contributed by atoms with van der Waals surface area (Å²) in [5.74, 6) is 0.238. The van der Waals surface area contributed by atoms with Crippen LogP contribution in [-0.4, -0.2) is 5.11 Å². The predicted molar refractivity (Wildman–Crippen MR) is 66.3 cm³/mol. The highest BCUT2D eigenvalue weighted by Crippen LogP contribution is 2.30. The van der Waals surface area contributed by atoms with Gasteiger partial charge >= 0.3 is 0 Å². The maximum atomic E-state index is 9.54. The van der Waals surface area contributed by atoms with Crippen molar-refractivity contribution in [3.05, 3.63) is 52.0 Å². The van der Waals surface area contributed by atoms with Gasteiger partial charge in [-0.25, -0.2) is 0 Å². The number of rotatable bonds is 1. The van der Waals surface area contributed by atoms with Gasteiger partial charge < -0.3 is 5.11 Å². The van der Waals surface area contributed by atoms with E-state index in [1.807, 2.05) is 36.4 Å². The molecule has 0 heterocycles. The topological polar surface area (TPSA) is 20.2 Å². The maximum Gasteiger partial charge on any atom is 0.130 e. The number of hydrogen-bond acceptors (Lipinski definition) is 1. The Labute approximate surface area is 101 Å². The number of benzene rings is 2. The lowest BCUT2D eigenvalue weighted by molar-refractivity contribution is 0.472. The molecule has 0 radical (unpaired) electrons. The molecule has 2 aromatic rings. The molecule has 0 saturated carbocycles. The van der Waals surface area contributed by atoms with E-state index < -0.39 is 0 Å². The summed E-state index contributed by atoms with van der Waals surface area (Å²) in [6.07, 6.45) is 0. The van der Waals surface area contributed by atoms with Gasteiger partial charge in [-0.3, -0.25) is 0 Å². The lowest BCUT2D eigenvalue weighted by Crippen LogP contribution is -1.77. The molecule has 15 heavy (non-hydrogen) atoms. The molecule has 2 rings (SSSR count). The predicted octanol–water partition coefficient (Wildman–Crippen LogP) is 4.48. The van der Waals surface area contributed by atoms with Gasteiger partial charge in [0.05, 0.1) is 4.47 Å². The Morgan fingerprint density at radius 2 is 1.53 bits per heavy atom. The second kappa shape index (κ2) is 4.25. The third kappa shape index (κ3) is 2.33. The molecule has 1 nitrogen and oxygen atoms in total. The number of aromatic hydroxyl groups is 1. The van der Waals surface area contributed by atoms with Crippen molar-refractivity contribution in [1.29, 1.82) is 0 Å². The van der Waals surface area contributed by atoms with Crippen molar-refractivity contribution in [1.82, 2.24) is 0 Å². The minimum absolute atomic E-state index is 0.238. The first-order chi connectivity index (χ1) is 7.16. The summed E-state index contributed by atoms with van der Waals surface area (Å²) in [6, 6.07) is 13.0. The highest BCUT2D eigenvalue weighted by atomic mass is 79.9. The molecule has 1 N–H and O–H groups in total. The number of phenols is 1. The normalized spacial score (nSPS) is 10.3. The van der Waals surface area contributed by atoms with Gasteiger partial charge in [0.2, 0.25) is 0 Å². The van der Waals surface area contributed by atoms with Gasteiger partial charge in [-0.1, -0.05) is 29.8 Å². The smallest absolute Gasteiger partial charge is 0.130 e. The number of hydrogen-bond donors (Lipinski definition) is 1. The molecule has 0 aliphatic rings. The SMILES string of the molecule is Oc1cc(-c2ccc(Cl)cc2)ccc1Br. The van der Waals surface area contributed by atoms with Crippen molar-refractivity contribution >= 4 is 27.5 Å². The van der Waals surface area contributed by atoms with Gasteiger partial charge in [-0.05, 0) is 51.3 Å². The van der Waals surface area contributed by atoms with Crippen molar-refractivity contribution in [3.8, 4) is 16.9 Å². The minimum Gasteiger partial charge on any atom is -0.507 e. The van der Waals surface area contributed by atoms with Crippen molar-refractivity contribution in [2.24, 2.45) is 0 Å². The molecule has 2 aromatic carbocycles. The lowest BCUT2D eigenvalue weighted by atomic mass is 10.1. The molecule has 0 saturated heterocycles. The third-order valence-corrected chi connectivity index (χ3v) is 3.05. The Bertz CT molecular complexity index is 479. The second-order valence-corrected chi connectivity index (χ2v) is 4.46. The van der Waals surface area contributed by atoms with Crippen LogP contribution in [0.15, 0.2) is 46.9 Å². The number of phenolic OH excluding ortho intramolecular Hbond substituents is 1. The highest BCUT2D eigenvalue weighted by molar-refractivity contribution is 9.10. The maximum absolute atomic E-state index is 9.54. The van der Waals surface area contributed by atoms with E-state index in [1.165, 1.54) is 0 Å². The Kier molecular flexibility index (Phi) is 2.98. The molecule has 76 valence electrons. The van der Waals surface area contributed by atoms with Gasteiger partial charge in [0.15, 0.2) is 0 Å². The van der Waals surface area contributed by atoms with Crippen LogP contribution in [0.2, 0.25) is 5.02 Å². The average Bonchev–Trinajstić information content (AvgIpc) is 2.23. The molecule has 0 bridgehead atoms. The summed E-state index contributed by atoms with van der Waals surface area (Å²) < 4.78 is 0.695. The van der Waals surface area contributed by atoms with Crippen LogP contribution in [0.5, 0.6) is 5.75 Å². The molecule has 0 aliphatic heterocycles. The van der Waals surface area contributed by atoms with Crippen molar-refractivity contribution in [2.45, 2.75) is 0 Å². The molecule has 3 heteroatoms. The summed E-state index contributed by atoms with van der Waals surface area (Å²) in [5.41, 5.74) is 1.99. The molecule has 0 unspecified atom stereocenters. The molecule has 0 aliphatic carbocycles. The van der Waals surface area contributed by atoms with Gasteiger partial charge in [-0.15, -0.1) is 0 Å². The zero-order chi connectivity index (χ0) is 10.8. The fraction of sp³-hybridized carbons (Fsp3) is 0. The van der Waals surface area contributed by atoms with Crippen molar-refractivity contribution < 1.29 is 5.11 Å². The third-order valence-electron chi connectivity index (χ3n) is 2.12. The molecule has 0 aromatic heterocycles. The van der Waals surface area contributed by atoms with Gasteiger partial charge in [-0.2, -0.15) is 0 Å². The van der Waals surface area contributed by atoms with Crippen LogP contribution >= 0.6 is 27.5 Å². The average molecular weight is 284 g/mol. The van der Waals surface area contributed by atoms with Crippen LogP contribution in [0, 0.1) is 0 Å². The summed E-state index contributed by atoms with van der Waals surface area (Å²) in [4.78, 5) is 0. The van der Waals surface area contributed by atoms with E-state index in [4.69, 9.17) is 11.6 Å². The van der Waals surface area contributed by atoms with E-state index in [1.54, 1.807) is 6.07 Å². The van der Waals surface area contributed by atoms with E-state index in [9.17, 15) is 5.11 Å². The Hall–Kier alpha value is -0.990. The Morgan fingerprint density at radius 3 is 2.13 bits per heavy atom. The summed E-state index contributed by atoms with van der Waals surface area (Å²) in [7, 11) is 0. The minimum atomic E-state index is 0.238. The van der Waals surface area contributed by atoms with Gasteiger partial charge in [0, 0.05) is 5.02 Å². The van der Waals surface area contributed by atoms with Gasteiger partial charge in [0.25, 0.3) is 0 Å². The van der Waals surface area contributed by atoms with Crippen LogP contribution in [0.4, 0.5) is 0 Å². The lowest BCUT2D eigenvalue weighted by Gasteiger charge is -2.03. The molecule has 0 amide bonds.